The van der Waals surface area contributed by atoms with Crippen LogP contribution in [-0.2, 0) is 4.79 Å². The molecule has 1 saturated heterocycles. The zero-order valence-electron chi connectivity index (χ0n) is 12.8. The van der Waals surface area contributed by atoms with E-state index in [0.717, 1.165) is 25.8 Å². The van der Waals surface area contributed by atoms with Crippen LogP contribution in [0.3, 0.4) is 0 Å². The fraction of sp³-hybridized carbons (Fsp3) is 0.857. The highest BCUT2D eigenvalue weighted by Gasteiger charge is 2.33. The summed E-state index contributed by atoms with van der Waals surface area (Å²) >= 11 is 0. The quantitative estimate of drug-likeness (QED) is 0.693. The minimum atomic E-state index is -0.906. The second kappa shape index (κ2) is 8.09. The minimum absolute atomic E-state index is 0.243. The van der Waals surface area contributed by atoms with E-state index in [9.17, 15) is 9.59 Å². The van der Waals surface area contributed by atoms with E-state index in [1.807, 2.05) is 0 Å². The summed E-state index contributed by atoms with van der Waals surface area (Å²) in [6, 6.07) is -0.361. The number of carboxylic acids is 1. The Morgan fingerprint density at radius 3 is 2.70 bits per heavy atom. The Balaban J connectivity index is 2.19. The Hall–Kier alpha value is -1.30. The zero-order chi connectivity index (χ0) is 15.1. The van der Waals surface area contributed by atoms with E-state index in [1.54, 1.807) is 0 Å². The lowest BCUT2D eigenvalue weighted by Crippen LogP contribution is -2.46. The van der Waals surface area contributed by atoms with Gasteiger partial charge in [0.25, 0.3) is 0 Å². The van der Waals surface area contributed by atoms with E-state index in [-0.39, 0.29) is 6.03 Å². The summed E-state index contributed by atoms with van der Waals surface area (Å²) in [5.41, 5.74) is 0. The first-order valence-electron chi connectivity index (χ1n) is 7.41. The number of carbonyl (C=O) groups excluding carboxylic acids is 1. The van der Waals surface area contributed by atoms with Gasteiger partial charge in [-0.15, -0.1) is 0 Å². The number of urea groups is 1. The van der Waals surface area contributed by atoms with Gasteiger partial charge in [-0.25, -0.2) is 9.59 Å². The molecule has 0 saturated carbocycles. The van der Waals surface area contributed by atoms with Gasteiger partial charge in [-0.2, -0.15) is 0 Å². The summed E-state index contributed by atoms with van der Waals surface area (Å²) in [5, 5.41) is 11.8. The molecule has 20 heavy (non-hydrogen) atoms. The van der Waals surface area contributed by atoms with Crippen LogP contribution in [0, 0.1) is 0 Å². The molecule has 1 aliphatic rings. The van der Waals surface area contributed by atoms with Gasteiger partial charge in [0.15, 0.2) is 0 Å². The van der Waals surface area contributed by atoms with Crippen LogP contribution < -0.4 is 5.32 Å². The molecule has 0 aliphatic carbocycles. The summed E-state index contributed by atoms with van der Waals surface area (Å²) in [6.45, 7) is 6.46. The molecule has 2 amide bonds. The van der Waals surface area contributed by atoms with Crippen LogP contribution in [0.5, 0.6) is 0 Å². The SMILES string of the molecule is CC(C)N(C)CCCCNC(=O)N1CCC[C@H]1C(=O)O. The van der Waals surface area contributed by atoms with Crippen LogP contribution in [0.25, 0.3) is 0 Å². The van der Waals surface area contributed by atoms with E-state index in [2.05, 4.69) is 31.1 Å². The van der Waals surface area contributed by atoms with Crippen LogP contribution in [0.4, 0.5) is 4.79 Å². The van der Waals surface area contributed by atoms with Crippen molar-refractivity contribution in [1.82, 2.24) is 15.1 Å². The first-order valence-corrected chi connectivity index (χ1v) is 7.41. The largest absolute Gasteiger partial charge is 0.480 e. The van der Waals surface area contributed by atoms with Gasteiger partial charge < -0.3 is 20.2 Å². The molecule has 6 heteroatoms. The van der Waals surface area contributed by atoms with Crippen molar-refractivity contribution >= 4 is 12.0 Å². The molecule has 0 aromatic heterocycles. The fourth-order valence-corrected chi connectivity index (χ4v) is 2.31. The maximum Gasteiger partial charge on any atom is 0.326 e. The van der Waals surface area contributed by atoms with Crippen LogP contribution >= 0.6 is 0 Å². The number of hydrogen-bond donors (Lipinski definition) is 2. The number of nitrogens with zero attached hydrogens (tertiary/aromatic N) is 2. The average Bonchev–Trinajstić information content (AvgIpc) is 2.87. The lowest BCUT2D eigenvalue weighted by molar-refractivity contribution is -0.141. The summed E-state index contributed by atoms with van der Waals surface area (Å²) in [6.07, 6.45) is 3.26. The molecule has 0 radical (unpaired) electrons. The number of aliphatic carboxylic acids is 1. The van der Waals surface area contributed by atoms with Gasteiger partial charge in [0.05, 0.1) is 0 Å². The predicted octanol–water partition coefficient (Wildman–Crippen LogP) is 1.37. The van der Waals surface area contributed by atoms with Gasteiger partial charge in [0.1, 0.15) is 6.04 Å². The molecule has 1 fully saturated rings. The van der Waals surface area contributed by atoms with Gasteiger partial charge in [-0.3, -0.25) is 0 Å². The molecule has 1 atom stereocenters. The van der Waals surface area contributed by atoms with E-state index < -0.39 is 12.0 Å². The molecule has 6 nitrogen and oxygen atoms in total. The molecule has 0 spiro atoms. The monoisotopic (exact) mass is 285 g/mol. The first kappa shape index (κ1) is 16.8. The van der Waals surface area contributed by atoms with Gasteiger partial charge in [0.2, 0.25) is 0 Å². The average molecular weight is 285 g/mol. The highest BCUT2D eigenvalue weighted by molar-refractivity contribution is 5.83. The van der Waals surface area contributed by atoms with Crippen molar-refractivity contribution in [1.29, 1.82) is 0 Å². The number of amides is 2. The molecule has 0 bridgehead atoms. The standard InChI is InChI=1S/C14H27N3O3/c1-11(2)16(3)9-5-4-8-15-14(20)17-10-6-7-12(17)13(18)19/h11-12H,4-10H2,1-3H3,(H,15,20)(H,18,19)/t12-/m0/s1. The maximum atomic E-state index is 11.9. The van der Waals surface area contributed by atoms with Gasteiger partial charge in [0, 0.05) is 19.1 Å². The number of nitrogens with one attached hydrogen (secondary N) is 1. The van der Waals surface area contributed by atoms with E-state index in [4.69, 9.17) is 5.11 Å². The van der Waals surface area contributed by atoms with Crippen molar-refractivity contribution in [2.45, 2.75) is 51.6 Å². The van der Waals surface area contributed by atoms with Crippen molar-refractivity contribution in [3.8, 4) is 0 Å². The van der Waals surface area contributed by atoms with Crippen LogP contribution in [-0.4, -0.2) is 65.7 Å². The Morgan fingerprint density at radius 1 is 1.40 bits per heavy atom. The predicted molar refractivity (Wildman–Crippen MR) is 77.8 cm³/mol. The molecular weight excluding hydrogens is 258 g/mol. The lowest BCUT2D eigenvalue weighted by atomic mass is 10.2. The lowest BCUT2D eigenvalue weighted by Gasteiger charge is -2.22. The zero-order valence-corrected chi connectivity index (χ0v) is 12.8. The number of carbonyl (C=O) groups is 2. The number of unbranched alkanes of at least 4 members (excludes halogenated alkanes) is 1. The summed E-state index contributed by atoms with van der Waals surface area (Å²) in [4.78, 5) is 26.6. The van der Waals surface area contributed by atoms with E-state index >= 15 is 0 Å². The second-order valence-electron chi connectivity index (χ2n) is 5.70. The molecular formula is C14H27N3O3. The van der Waals surface area contributed by atoms with Gasteiger partial charge in [-0.05, 0) is 53.1 Å². The van der Waals surface area contributed by atoms with Gasteiger partial charge >= 0.3 is 12.0 Å². The molecule has 0 aromatic carbocycles. The smallest absolute Gasteiger partial charge is 0.326 e. The third-order valence-electron chi connectivity index (χ3n) is 3.89. The number of likely N-dealkylation sites (tertiary alicyclic amines) is 1. The Bertz CT molecular complexity index is 334. The van der Waals surface area contributed by atoms with E-state index in [1.165, 1.54) is 4.90 Å². The van der Waals surface area contributed by atoms with Crippen molar-refractivity contribution < 1.29 is 14.7 Å². The summed E-state index contributed by atoms with van der Waals surface area (Å²) < 4.78 is 0. The van der Waals surface area contributed by atoms with Crippen LogP contribution in [0.1, 0.15) is 39.5 Å². The molecule has 1 aliphatic heterocycles. The Kier molecular flexibility index (Phi) is 6.78. The highest BCUT2D eigenvalue weighted by atomic mass is 16.4. The van der Waals surface area contributed by atoms with Crippen LogP contribution in [0.2, 0.25) is 0 Å². The van der Waals surface area contributed by atoms with Crippen molar-refractivity contribution in [2.24, 2.45) is 0 Å². The topological polar surface area (TPSA) is 72.9 Å². The molecule has 116 valence electrons. The highest BCUT2D eigenvalue weighted by Crippen LogP contribution is 2.17. The van der Waals surface area contributed by atoms with Crippen LogP contribution in [0.15, 0.2) is 0 Å². The number of hydrogen-bond acceptors (Lipinski definition) is 3. The molecule has 1 heterocycles. The van der Waals surface area contributed by atoms with Crippen molar-refractivity contribution in [3.05, 3.63) is 0 Å². The third kappa shape index (κ3) is 5.00. The second-order valence-corrected chi connectivity index (χ2v) is 5.70. The maximum absolute atomic E-state index is 11.9. The summed E-state index contributed by atoms with van der Waals surface area (Å²) in [5.74, 6) is -0.906. The third-order valence-corrected chi connectivity index (χ3v) is 3.89. The number of carboxylic acid groups (broad SMARTS) is 1. The minimum Gasteiger partial charge on any atom is -0.480 e. The number of rotatable bonds is 7. The molecule has 0 unspecified atom stereocenters. The molecule has 0 aromatic rings. The normalized spacial score (nSPS) is 18.9. The Labute approximate surface area is 121 Å². The fourth-order valence-electron chi connectivity index (χ4n) is 2.31. The van der Waals surface area contributed by atoms with Gasteiger partial charge in [-0.1, -0.05) is 0 Å². The van der Waals surface area contributed by atoms with E-state index in [0.29, 0.717) is 25.6 Å². The Morgan fingerprint density at radius 2 is 2.10 bits per heavy atom. The van der Waals surface area contributed by atoms with Crippen molar-refractivity contribution in [3.63, 3.8) is 0 Å². The summed E-state index contributed by atoms with van der Waals surface area (Å²) in [7, 11) is 2.09. The van der Waals surface area contributed by atoms with Crippen molar-refractivity contribution in [2.75, 3.05) is 26.7 Å². The first-order chi connectivity index (χ1) is 9.43. The molecule has 2 N–H and O–H groups in total. The molecule has 1 rings (SSSR count).